The van der Waals surface area contributed by atoms with Crippen molar-refractivity contribution in [2.24, 2.45) is 7.05 Å². The van der Waals surface area contributed by atoms with Gasteiger partial charge in [-0.05, 0) is 13.3 Å². The standard InChI is InChI=1S/C11H20N4O/c1-5-10(9-6-13-15(4)7-9)14-8(2)11(16)12-3/h6-8,10,14H,5H2,1-4H3,(H,12,16)/t8-,10?/m1/s1. The van der Waals surface area contributed by atoms with Crippen molar-refractivity contribution in [1.29, 1.82) is 0 Å². The van der Waals surface area contributed by atoms with Crippen molar-refractivity contribution in [2.45, 2.75) is 32.4 Å². The third kappa shape index (κ3) is 3.06. The quantitative estimate of drug-likeness (QED) is 0.770. The zero-order valence-corrected chi connectivity index (χ0v) is 10.3. The number of nitrogens with zero attached hydrogens (tertiary/aromatic N) is 2. The highest BCUT2D eigenvalue weighted by molar-refractivity contribution is 5.80. The normalized spacial score (nSPS) is 14.5. The molecule has 16 heavy (non-hydrogen) atoms. The topological polar surface area (TPSA) is 59.0 Å². The van der Waals surface area contributed by atoms with Crippen LogP contribution in [-0.2, 0) is 11.8 Å². The molecule has 2 N–H and O–H groups in total. The average molecular weight is 224 g/mol. The molecule has 2 atom stereocenters. The number of hydrogen-bond acceptors (Lipinski definition) is 3. The summed E-state index contributed by atoms with van der Waals surface area (Å²) in [6.45, 7) is 3.94. The predicted molar refractivity (Wildman–Crippen MR) is 62.9 cm³/mol. The molecule has 0 aliphatic heterocycles. The van der Waals surface area contributed by atoms with Gasteiger partial charge in [-0.15, -0.1) is 0 Å². The van der Waals surface area contributed by atoms with Crippen LogP contribution in [0.5, 0.6) is 0 Å². The van der Waals surface area contributed by atoms with Gasteiger partial charge >= 0.3 is 0 Å². The van der Waals surface area contributed by atoms with Crippen LogP contribution in [0.2, 0.25) is 0 Å². The molecule has 1 aromatic rings. The van der Waals surface area contributed by atoms with Gasteiger partial charge in [0.25, 0.3) is 0 Å². The Morgan fingerprint density at radius 1 is 1.62 bits per heavy atom. The minimum absolute atomic E-state index is 0.00217. The van der Waals surface area contributed by atoms with Gasteiger partial charge in [0.1, 0.15) is 0 Å². The monoisotopic (exact) mass is 224 g/mol. The van der Waals surface area contributed by atoms with Crippen molar-refractivity contribution in [3.05, 3.63) is 18.0 Å². The van der Waals surface area contributed by atoms with Gasteiger partial charge in [0.2, 0.25) is 5.91 Å². The summed E-state index contributed by atoms with van der Waals surface area (Å²) in [6.07, 6.45) is 4.72. The summed E-state index contributed by atoms with van der Waals surface area (Å²) in [5.74, 6) is 0.00217. The lowest BCUT2D eigenvalue weighted by Crippen LogP contribution is -2.42. The van der Waals surface area contributed by atoms with E-state index in [4.69, 9.17) is 0 Å². The van der Waals surface area contributed by atoms with Crippen molar-refractivity contribution in [3.63, 3.8) is 0 Å². The van der Waals surface area contributed by atoms with Crippen molar-refractivity contribution < 1.29 is 4.79 Å². The third-order valence-electron chi connectivity index (χ3n) is 2.63. The van der Waals surface area contributed by atoms with Crippen LogP contribution < -0.4 is 10.6 Å². The number of carbonyl (C=O) groups excluding carboxylic acids is 1. The highest BCUT2D eigenvalue weighted by Crippen LogP contribution is 2.15. The van der Waals surface area contributed by atoms with E-state index in [-0.39, 0.29) is 18.0 Å². The van der Waals surface area contributed by atoms with Gasteiger partial charge in [-0.3, -0.25) is 14.8 Å². The first-order valence-electron chi connectivity index (χ1n) is 5.54. The smallest absolute Gasteiger partial charge is 0.236 e. The summed E-state index contributed by atoms with van der Waals surface area (Å²) < 4.78 is 1.77. The van der Waals surface area contributed by atoms with Crippen LogP contribution >= 0.6 is 0 Å². The maximum absolute atomic E-state index is 11.4. The summed E-state index contributed by atoms with van der Waals surface area (Å²) in [4.78, 5) is 11.4. The average Bonchev–Trinajstić information content (AvgIpc) is 2.71. The largest absolute Gasteiger partial charge is 0.358 e. The molecule has 0 radical (unpaired) electrons. The molecule has 0 fully saturated rings. The lowest BCUT2D eigenvalue weighted by Gasteiger charge is -2.20. The predicted octanol–water partition coefficient (Wildman–Crippen LogP) is 0.595. The molecule has 0 saturated carbocycles. The molecule has 5 heteroatoms. The fraction of sp³-hybridized carbons (Fsp3) is 0.636. The molecule has 1 aromatic heterocycles. The van der Waals surface area contributed by atoms with Crippen LogP contribution in [0, 0.1) is 0 Å². The minimum atomic E-state index is -0.199. The Bertz CT molecular complexity index is 348. The molecule has 90 valence electrons. The molecule has 1 amide bonds. The first kappa shape index (κ1) is 12.7. The molecule has 0 aliphatic carbocycles. The molecule has 5 nitrogen and oxygen atoms in total. The molecule has 1 heterocycles. The highest BCUT2D eigenvalue weighted by Gasteiger charge is 2.17. The molecule has 0 saturated heterocycles. The van der Waals surface area contributed by atoms with Gasteiger partial charge < -0.3 is 5.32 Å². The number of hydrogen-bond donors (Lipinski definition) is 2. The Balaban J connectivity index is 2.65. The second kappa shape index (κ2) is 5.65. The van der Waals surface area contributed by atoms with Crippen LogP contribution in [0.3, 0.4) is 0 Å². The zero-order valence-electron chi connectivity index (χ0n) is 10.3. The van der Waals surface area contributed by atoms with Gasteiger partial charge in [-0.2, -0.15) is 5.10 Å². The third-order valence-corrected chi connectivity index (χ3v) is 2.63. The fourth-order valence-electron chi connectivity index (χ4n) is 1.66. The molecular formula is C11H20N4O. The fourth-order valence-corrected chi connectivity index (χ4v) is 1.66. The molecule has 0 bridgehead atoms. The molecule has 0 aromatic carbocycles. The van der Waals surface area contributed by atoms with Gasteiger partial charge in [0.05, 0.1) is 12.2 Å². The number of rotatable bonds is 5. The number of nitrogens with one attached hydrogen (secondary N) is 2. The lowest BCUT2D eigenvalue weighted by molar-refractivity contribution is -0.122. The van der Waals surface area contributed by atoms with Gasteiger partial charge in [-0.1, -0.05) is 6.92 Å². The van der Waals surface area contributed by atoms with Crippen molar-refractivity contribution in [3.8, 4) is 0 Å². The summed E-state index contributed by atoms with van der Waals surface area (Å²) in [5, 5.41) is 10.0. The van der Waals surface area contributed by atoms with Gasteiger partial charge in [-0.25, -0.2) is 0 Å². The number of likely N-dealkylation sites (N-methyl/N-ethyl adjacent to an activating group) is 1. The number of carbonyl (C=O) groups is 1. The first-order chi connectivity index (χ1) is 7.58. The summed E-state index contributed by atoms with van der Waals surface area (Å²) in [6, 6.07) is -0.0313. The van der Waals surface area contributed by atoms with E-state index in [9.17, 15) is 4.79 Å². The Morgan fingerprint density at radius 2 is 2.31 bits per heavy atom. The van der Waals surface area contributed by atoms with E-state index in [0.29, 0.717) is 0 Å². The van der Waals surface area contributed by atoms with E-state index in [1.807, 2.05) is 26.4 Å². The summed E-state index contributed by atoms with van der Waals surface area (Å²) in [7, 11) is 3.53. The SMILES string of the molecule is CCC(N[C@H](C)C(=O)NC)c1cnn(C)c1. The van der Waals surface area contributed by atoms with Crippen molar-refractivity contribution in [2.75, 3.05) is 7.05 Å². The molecule has 0 aliphatic rings. The maximum atomic E-state index is 11.4. The van der Waals surface area contributed by atoms with Gasteiger partial charge in [0, 0.05) is 31.9 Å². The second-order valence-electron chi connectivity index (χ2n) is 3.91. The zero-order chi connectivity index (χ0) is 12.1. The molecule has 1 unspecified atom stereocenters. The Morgan fingerprint density at radius 3 is 2.75 bits per heavy atom. The molecule has 1 rings (SSSR count). The Kier molecular flexibility index (Phi) is 4.49. The Labute approximate surface area is 96.2 Å². The Hall–Kier alpha value is -1.36. The van der Waals surface area contributed by atoms with Crippen LogP contribution in [0.1, 0.15) is 31.9 Å². The summed E-state index contributed by atoms with van der Waals surface area (Å²) in [5.41, 5.74) is 1.11. The van der Waals surface area contributed by atoms with Crippen LogP contribution in [0.4, 0.5) is 0 Å². The number of aryl methyl sites for hydroxylation is 1. The van der Waals surface area contributed by atoms with Crippen molar-refractivity contribution >= 4 is 5.91 Å². The van der Waals surface area contributed by atoms with Crippen molar-refractivity contribution in [1.82, 2.24) is 20.4 Å². The van der Waals surface area contributed by atoms with E-state index in [0.717, 1.165) is 12.0 Å². The summed E-state index contributed by atoms with van der Waals surface area (Å²) >= 11 is 0. The lowest BCUT2D eigenvalue weighted by atomic mass is 10.1. The maximum Gasteiger partial charge on any atom is 0.236 e. The molecular weight excluding hydrogens is 204 g/mol. The van der Waals surface area contributed by atoms with E-state index < -0.39 is 0 Å². The molecule has 0 spiro atoms. The van der Waals surface area contributed by atoms with Gasteiger partial charge in [0.15, 0.2) is 0 Å². The number of aromatic nitrogens is 2. The van der Waals surface area contributed by atoms with E-state index in [1.54, 1.807) is 11.7 Å². The van der Waals surface area contributed by atoms with Crippen LogP contribution in [0.15, 0.2) is 12.4 Å². The minimum Gasteiger partial charge on any atom is -0.358 e. The van der Waals surface area contributed by atoms with Crippen LogP contribution in [0.25, 0.3) is 0 Å². The van der Waals surface area contributed by atoms with E-state index in [1.165, 1.54) is 0 Å². The highest BCUT2D eigenvalue weighted by atomic mass is 16.2. The van der Waals surface area contributed by atoms with E-state index >= 15 is 0 Å². The first-order valence-corrected chi connectivity index (χ1v) is 5.54. The second-order valence-corrected chi connectivity index (χ2v) is 3.91. The van der Waals surface area contributed by atoms with E-state index in [2.05, 4.69) is 22.7 Å². The number of amides is 1. The van der Waals surface area contributed by atoms with Crippen LogP contribution in [-0.4, -0.2) is 28.8 Å².